The second-order valence-corrected chi connectivity index (χ2v) is 7.87. The van der Waals surface area contributed by atoms with Gasteiger partial charge in [-0.15, -0.1) is 11.3 Å². The minimum absolute atomic E-state index is 0.0138. The number of nitrogens with zero attached hydrogens (tertiary/aromatic N) is 2. The summed E-state index contributed by atoms with van der Waals surface area (Å²) >= 11 is 3.07. The Kier molecular flexibility index (Phi) is 5.23. The molecule has 1 aromatic carbocycles. The van der Waals surface area contributed by atoms with Gasteiger partial charge in [0.1, 0.15) is 0 Å². The molecule has 0 spiro atoms. The van der Waals surface area contributed by atoms with Crippen LogP contribution in [0.25, 0.3) is 0 Å². The maximum atomic E-state index is 12.1. The highest BCUT2D eigenvalue weighted by Gasteiger charge is 2.14. The average molecular weight is 348 g/mol. The summed E-state index contributed by atoms with van der Waals surface area (Å²) < 4.78 is 0.943. The first kappa shape index (κ1) is 16.3. The second-order valence-electron chi connectivity index (χ2n) is 5.79. The van der Waals surface area contributed by atoms with Crippen molar-refractivity contribution < 1.29 is 4.79 Å². The van der Waals surface area contributed by atoms with Crippen molar-refractivity contribution in [3.8, 4) is 0 Å². The molecule has 0 bridgehead atoms. The molecule has 0 unspecified atom stereocenters. The van der Waals surface area contributed by atoms with Gasteiger partial charge in [-0.2, -0.15) is 0 Å². The molecule has 2 heterocycles. The standard InChI is InChI=1S/C17H21N3OS2/c1-12-9-14(20-7-3-4-8-20)5-6-15(12)19-16(21)11-23-17-18-13(2)10-22-17/h5-6,9-10H,3-4,7-8,11H2,1-2H3,(H,19,21). The molecule has 3 rings (SSSR count). The van der Waals surface area contributed by atoms with Crippen molar-refractivity contribution in [2.24, 2.45) is 0 Å². The van der Waals surface area contributed by atoms with E-state index in [0.717, 1.165) is 34.4 Å². The van der Waals surface area contributed by atoms with Crippen LogP contribution in [0.15, 0.2) is 27.9 Å². The number of carbonyl (C=O) groups excluding carboxylic acids is 1. The number of thiazole rings is 1. The fourth-order valence-corrected chi connectivity index (χ4v) is 4.32. The number of hydrogen-bond acceptors (Lipinski definition) is 5. The van der Waals surface area contributed by atoms with Crippen LogP contribution in [0.5, 0.6) is 0 Å². The van der Waals surface area contributed by atoms with Crippen LogP contribution in [0.1, 0.15) is 24.1 Å². The topological polar surface area (TPSA) is 45.2 Å². The van der Waals surface area contributed by atoms with Gasteiger partial charge in [0.05, 0.1) is 5.75 Å². The second kappa shape index (κ2) is 7.36. The highest BCUT2D eigenvalue weighted by Crippen LogP contribution is 2.26. The predicted octanol–water partition coefficient (Wildman–Crippen LogP) is 4.09. The van der Waals surface area contributed by atoms with Crippen molar-refractivity contribution in [3.63, 3.8) is 0 Å². The minimum Gasteiger partial charge on any atom is -0.372 e. The molecule has 1 aromatic heterocycles. The molecule has 1 aliphatic rings. The number of aryl methyl sites for hydroxylation is 2. The van der Waals surface area contributed by atoms with E-state index >= 15 is 0 Å². The van der Waals surface area contributed by atoms with Crippen LogP contribution in [0.2, 0.25) is 0 Å². The molecule has 0 radical (unpaired) electrons. The monoisotopic (exact) mass is 347 g/mol. The van der Waals surface area contributed by atoms with E-state index in [9.17, 15) is 4.79 Å². The molecule has 122 valence electrons. The normalized spacial score (nSPS) is 14.3. The number of benzene rings is 1. The molecule has 1 fully saturated rings. The van der Waals surface area contributed by atoms with Crippen molar-refractivity contribution >= 4 is 40.4 Å². The summed E-state index contributed by atoms with van der Waals surface area (Å²) in [4.78, 5) is 18.9. The van der Waals surface area contributed by atoms with Crippen molar-refractivity contribution in [1.82, 2.24) is 4.98 Å². The molecule has 2 aromatic rings. The van der Waals surface area contributed by atoms with Gasteiger partial charge in [0.15, 0.2) is 4.34 Å². The van der Waals surface area contributed by atoms with Gasteiger partial charge < -0.3 is 10.2 Å². The predicted molar refractivity (Wildman–Crippen MR) is 98.8 cm³/mol. The number of amides is 1. The van der Waals surface area contributed by atoms with Gasteiger partial charge in [-0.1, -0.05) is 11.8 Å². The third-order valence-corrected chi connectivity index (χ3v) is 6.02. The summed E-state index contributed by atoms with van der Waals surface area (Å²) in [6, 6.07) is 6.28. The Hall–Kier alpha value is -1.53. The van der Waals surface area contributed by atoms with Crippen molar-refractivity contribution in [2.75, 3.05) is 29.1 Å². The zero-order chi connectivity index (χ0) is 16.2. The number of aromatic nitrogens is 1. The van der Waals surface area contributed by atoms with Gasteiger partial charge in [-0.3, -0.25) is 4.79 Å². The molecule has 1 saturated heterocycles. The number of rotatable bonds is 5. The minimum atomic E-state index is 0.0138. The molecule has 6 heteroatoms. The fraction of sp³-hybridized carbons (Fsp3) is 0.412. The van der Waals surface area contributed by atoms with Gasteiger partial charge in [-0.05, 0) is 50.5 Å². The van der Waals surface area contributed by atoms with Crippen LogP contribution in [-0.2, 0) is 4.79 Å². The summed E-state index contributed by atoms with van der Waals surface area (Å²) in [6.07, 6.45) is 2.54. The van der Waals surface area contributed by atoms with Gasteiger partial charge in [-0.25, -0.2) is 4.98 Å². The van der Waals surface area contributed by atoms with Crippen molar-refractivity contribution in [1.29, 1.82) is 0 Å². The molecule has 1 aliphatic heterocycles. The zero-order valence-electron chi connectivity index (χ0n) is 13.5. The van der Waals surface area contributed by atoms with Gasteiger partial charge in [0, 0.05) is 35.5 Å². The molecular formula is C17H21N3OS2. The first-order valence-corrected chi connectivity index (χ1v) is 9.69. The third kappa shape index (κ3) is 4.26. The molecule has 0 saturated carbocycles. The van der Waals surface area contributed by atoms with E-state index in [1.807, 2.05) is 25.3 Å². The lowest BCUT2D eigenvalue weighted by molar-refractivity contribution is -0.113. The summed E-state index contributed by atoms with van der Waals surface area (Å²) in [6.45, 7) is 6.28. The van der Waals surface area contributed by atoms with Crippen LogP contribution in [-0.4, -0.2) is 29.7 Å². The number of hydrogen-bond donors (Lipinski definition) is 1. The number of thioether (sulfide) groups is 1. The van der Waals surface area contributed by atoms with E-state index in [1.165, 1.54) is 30.3 Å². The van der Waals surface area contributed by atoms with E-state index in [4.69, 9.17) is 0 Å². The van der Waals surface area contributed by atoms with Crippen LogP contribution >= 0.6 is 23.1 Å². The Morgan fingerprint density at radius 2 is 2.13 bits per heavy atom. The summed E-state index contributed by atoms with van der Waals surface area (Å²) in [5.41, 5.74) is 4.27. The lowest BCUT2D eigenvalue weighted by Gasteiger charge is -2.19. The molecular weight excluding hydrogens is 326 g/mol. The van der Waals surface area contributed by atoms with Gasteiger partial charge >= 0.3 is 0 Å². The Labute approximate surface area is 145 Å². The summed E-state index contributed by atoms with van der Waals surface area (Å²) in [7, 11) is 0. The largest absolute Gasteiger partial charge is 0.372 e. The fourth-order valence-electron chi connectivity index (χ4n) is 2.67. The SMILES string of the molecule is Cc1csc(SCC(=O)Nc2ccc(N3CCCC3)cc2C)n1. The Balaban J connectivity index is 1.57. The molecule has 0 aliphatic carbocycles. The Morgan fingerprint density at radius 3 is 2.78 bits per heavy atom. The first-order chi connectivity index (χ1) is 11.1. The van der Waals surface area contributed by atoms with Gasteiger partial charge in [0.2, 0.25) is 5.91 Å². The number of nitrogens with one attached hydrogen (secondary N) is 1. The van der Waals surface area contributed by atoms with E-state index in [-0.39, 0.29) is 5.91 Å². The first-order valence-electron chi connectivity index (χ1n) is 7.82. The lowest BCUT2D eigenvalue weighted by atomic mass is 10.1. The third-order valence-electron chi connectivity index (χ3n) is 3.88. The van der Waals surface area contributed by atoms with E-state index in [0.29, 0.717) is 5.75 Å². The summed E-state index contributed by atoms with van der Waals surface area (Å²) in [5.74, 6) is 0.403. The summed E-state index contributed by atoms with van der Waals surface area (Å²) in [5, 5.41) is 5.01. The Bertz CT molecular complexity index is 693. The molecule has 1 N–H and O–H groups in total. The smallest absolute Gasteiger partial charge is 0.234 e. The maximum Gasteiger partial charge on any atom is 0.234 e. The van der Waals surface area contributed by atoms with Gasteiger partial charge in [0.25, 0.3) is 0 Å². The van der Waals surface area contributed by atoms with E-state index in [1.54, 1.807) is 11.3 Å². The Morgan fingerprint density at radius 1 is 1.35 bits per heavy atom. The highest BCUT2D eigenvalue weighted by molar-refractivity contribution is 8.01. The van der Waals surface area contributed by atoms with E-state index in [2.05, 4.69) is 27.3 Å². The molecule has 0 atom stereocenters. The maximum absolute atomic E-state index is 12.1. The molecule has 4 nitrogen and oxygen atoms in total. The van der Waals surface area contributed by atoms with Crippen LogP contribution in [0.3, 0.4) is 0 Å². The van der Waals surface area contributed by atoms with Crippen LogP contribution < -0.4 is 10.2 Å². The zero-order valence-corrected chi connectivity index (χ0v) is 15.1. The lowest BCUT2D eigenvalue weighted by Crippen LogP contribution is -2.18. The quantitative estimate of drug-likeness (QED) is 0.828. The number of anilines is 2. The van der Waals surface area contributed by atoms with Crippen molar-refractivity contribution in [2.45, 2.75) is 31.0 Å². The molecule has 1 amide bonds. The van der Waals surface area contributed by atoms with E-state index < -0.39 is 0 Å². The van der Waals surface area contributed by atoms with Crippen LogP contribution in [0.4, 0.5) is 11.4 Å². The number of carbonyl (C=O) groups is 1. The van der Waals surface area contributed by atoms with Crippen LogP contribution in [0, 0.1) is 13.8 Å². The van der Waals surface area contributed by atoms with Crippen molar-refractivity contribution in [3.05, 3.63) is 34.8 Å². The molecule has 23 heavy (non-hydrogen) atoms. The highest BCUT2D eigenvalue weighted by atomic mass is 32.2. The average Bonchev–Trinajstić information content (AvgIpc) is 3.19.